The summed E-state index contributed by atoms with van der Waals surface area (Å²) >= 11 is 0. The monoisotopic (exact) mass is 272 g/mol. The third kappa shape index (κ3) is 3.52. The quantitative estimate of drug-likeness (QED) is 0.878. The lowest BCUT2D eigenvalue weighted by Crippen LogP contribution is -2.14. The van der Waals surface area contributed by atoms with Crippen LogP contribution < -0.4 is 9.47 Å². The average Bonchev–Trinajstić information content (AvgIpc) is 2.50. The summed E-state index contributed by atoms with van der Waals surface area (Å²) in [5, 5.41) is 9.54. The van der Waals surface area contributed by atoms with Gasteiger partial charge < -0.3 is 14.6 Å². The Morgan fingerprint density at radius 2 is 1.75 bits per heavy atom. The van der Waals surface area contributed by atoms with Gasteiger partial charge in [-0.1, -0.05) is 30.3 Å². The van der Waals surface area contributed by atoms with Crippen molar-refractivity contribution >= 4 is 0 Å². The lowest BCUT2D eigenvalue weighted by atomic mass is 10.0. The van der Waals surface area contributed by atoms with Crippen LogP contribution in [-0.2, 0) is 0 Å². The molecule has 0 amide bonds. The van der Waals surface area contributed by atoms with Gasteiger partial charge in [-0.05, 0) is 36.2 Å². The number of ether oxygens (including phenoxy) is 2. The van der Waals surface area contributed by atoms with Crippen LogP contribution in [0, 0.1) is 6.92 Å². The second-order valence-electron chi connectivity index (χ2n) is 4.73. The van der Waals surface area contributed by atoms with Crippen molar-refractivity contribution in [1.29, 1.82) is 0 Å². The molecule has 0 bridgehead atoms. The zero-order valence-electron chi connectivity index (χ0n) is 11.9. The first-order valence-electron chi connectivity index (χ1n) is 6.68. The first kappa shape index (κ1) is 14.4. The van der Waals surface area contributed by atoms with E-state index in [0.717, 1.165) is 22.6 Å². The molecular weight excluding hydrogens is 252 g/mol. The maximum absolute atomic E-state index is 9.54. The maximum Gasteiger partial charge on any atom is 0.122 e. The van der Waals surface area contributed by atoms with Crippen molar-refractivity contribution in [1.82, 2.24) is 0 Å². The van der Waals surface area contributed by atoms with Crippen LogP contribution in [0.2, 0.25) is 0 Å². The zero-order valence-corrected chi connectivity index (χ0v) is 11.9. The molecule has 2 aromatic rings. The Kier molecular flexibility index (Phi) is 5.02. The molecule has 0 aromatic heterocycles. The molecule has 0 radical (unpaired) electrons. The van der Waals surface area contributed by atoms with Crippen molar-refractivity contribution in [3.05, 3.63) is 59.7 Å². The Labute approximate surface area is 119 Å². The molecule has 3 heteroatoms. The minimum absolute atomic E-state index is 0.0412. The van der Waals surface area contributed by atoms with Crippen LogP contribution in [0.25, 0.3) is 0 Å². The van der Waals surface area contributed by atoms with Crippen molar-refractivity contribution in [2.45, 2.75) is 12.8 Å². The van der Waals surface area contributed by atoms with Crippen molar-refractivity contribution in [2.24, 2.45) is 0 Å². The number of para-hydroxylation sites is 1. The van der Waals surface area contributed by atoms with Gasteiger partial charge in [0.25, 0.3) is 0 Å². The maximum atomic E-state index is 9.54. The average molecular weight is 272 g/mol. The molecule has 0 saturated heterocycles. The van der Waals surface area contributed by atoms with Crippen LogP contribution in [0.1, 0.15) is 17.0 Å². The van der Waals surface area contributed by atoms with Gasteiger partial charge in [0.1, 0.15) is 11.5 Å². The summed E-state index contributed by atoms with van der Waals surface area (Å²) in [5.74, 6) is 1.63. The number of benzene rings is 2. The largest absolute Gasteiger partial charge is 0.497 e. The highest BCUT2D eigenvalue weighted by molar-refractivity contribution is 5.33. The van der Waals surface area contributed by atoms with Crippen LogP contribution in [0.3, 0.4) is 0 Å². The molecule has 0 fully saturated rings. The van der Waals surface area contributed by atoms with E-state index in [1.165, 1.54) is 0 Å². The number of aryl methyl sites for hydroxylation is 1. The Bertz CT molecular complexity index is 534. The van der Waals surface area contributed by atoms with Gasteiger partial charge in [0.15, 0.2) is 0 Å². The summed E-state index contributed by atoms with van der Waals surface area (Å²) in [5.41, 5.74) is 2.14. The molecule has 0 aliphatic carbocycles. The second kappa shape index (κ2) is 6.96. The van der Waals surface area contributed by atoms with Gasteiger partial charge in [-0.3, -0.25) is 0 Å². The highest BCUT2D eigenvalue weighted by Crippen LogP contribution is 2.22. The molecule has 2 rings (SSSR count). The van der Waals surface area contributed by atoms with Gasteiger partial charge in [0.05, 0.1) is 20.3 Å². The van der Waals surface area contributed by atoms with Crippen molar-refractivity contribution in [3.63, 3.8) is 0 Å². The smallest absolute Gasteiger partial charge is 0.122 e. The summed E-state index contributed by atoms with van der Waals surface area (Å²) in [6.07, 6.45) is 0. The van der Waals surface area contributed by atoms with E-state index >= 15 is 0 Å². The molecule has 1 unspecified atom stereocenters. The Morgan fingerprint density at radius 1 is 1.05 bits per heavy atom. The van der Waals surface area contributed by atoms with E-state index in [1.54, 1.807) is 7.11 Å². The fourth-order valence-corrected chi connectivity index (χ4v) is 2.04. The molecule has 0 aliphatic heterocycles. The highest BCUT2D eigenvalue weighted by atomic mass is 16.5. The number of hydrogen-bond donors (Lipinski definition) is 1. The molecule has 1 atom stereocenters. The minimum Gasteiger partial charge on any atom is -0.497 e. The number of hydrogen-bond acceptors (Lipinski definition) is 3. The second-order valence-corrected chi connectivity index (χ2v) is 4.73. The van der Waals surface area contributed by atoms with E-state index in [0.29, 0.717) is 6.61 Å². The first-order chi connectivity index (χ1) is 9.74. The number of methoxy groups -OCH3 is 1. The SMILES string of the molecule is COc1ccc(C(CO)COc2ccccc2C)cc1. The standard InChI is InChI=1S/C17H20O3/c1-13-5-3-4-6-17(13)20-12-15(11-18)14-7-9-16(19-2)10-8-14/h3-10,15,18H,11-12H2,1-2H3. The first-order valence-corrected chi connectivity index (χ1v) is 6.68. The van der Waals surface area contributed by atoms with Crippen LogP contribution in [0.15, 0.2) is 48.5 Å². The number of aliphatic hydroxyl groups is 1. The molecule has 106 valence electrons. The molecule has 2 aromatic carbocycles. The van der Waals surface area contributed by atoms with Crippen LogP contribution in [-0.4, -0.2) is 25.4 Å². The molecule has 0 heterocycles. The topological polar surface area (TPSA) is 38.7 Å². The fourth-order valence-electron chi connectivity index (χ4n) is 2.04. The van der Waals surface area contributed by atoms with Gasteiger partial charge >= 0.3 is 0 Å². The predicted molar refractivity (Wildman–Crippen MR) is 79.5 cm³/mol. The van der Waals surface area contributed by atoms with Gasteiger partial charge in [-0.2, -0.15) is 0 Å². The lowest BCUT2D eigenvalue weighted by molar-refractivity contribution is 0.204. The van der Waals surface area contributed by atoms with E-state index in [4.69, 9.17) is 9.47 Å². The summed E-state index contributed by atoms with van der Waals surface area (Å²) in [6, 6.07) is 15.6. The predicted octanol–water partition coefficient (Wildman–Crippen LogP) is 3.16. The summed E-state index contributed by atoms with van der Waals surface area (Å²) in [7, 11) is 1.64. The van der Waals surface area contributed by atoms with Gasteiger partial charge in [-0.25, -0.2) is 0 Å². The molecule has 3 nitrogen and oxygen atoms in total. The third-order valence-corrected chi connectivity index (χ3v) is 3.34. The minimum atomic E-state index is -0.0412. The van der Waals surface area contributed by atoms with Crippen LogP contribution in [0.5, 0.6) is 11.5 Å². The Hall–Kier alpha value is -2.00. The van der Waals surface area contributed by atoms with E-state index in [9.17, 15) is 5.11 Å². The highest BCUT2D eigenvalue weighted by Gasteiger charge is 2.12. The van der Waals surface area contributed by atoms with Crippen LogP contribution in [0.4, 0.5) is 0 Å². The lowest BCUT2D eigenvalue weighted by Gasteiger charge is -2.17. The molecular formula is C17H20O3. The Morgan fingerprint density at radius 3 is 2.35 bits per heavy atom. The van der Waals surface area contributed by atoms with Gasteiger partial charge in [0, 0.05) is 5.92 Å². The fraction of sp³-hybridized carbons (Fsp3) is 0.294. The zero-order chi connectivity index (χ0) is 14.4. The number of rotatable bonds is 6. The molecule has 0 spiro atoms. The summed E-state index contributed by atoms with van der Waals surface area (Å²) in [4.78, 5) is 0. The Balaban J connectivity index is 2.03. The van der Waals surface area contributed by atoms with Crippen molar-refractivity contribution in [3.8, 4) is 11.5 Å². The molecule has 20 heavy (non-hydrogen) atoms. The van der Waals surface area contributed by atoms with E-state index in [-0.39, 0.29) is 12.5 Å². The van der Waals surface area contributed by atoms with Gasteiger partial charge in [0.2, 0.25) is 0 Å². The molecule has 0 aliphatic rings. The van der Waals surface area contributed by atoms with Crippen molar-refractivity contribution in [2.75, 3.05) is 20.3 Å². The summed E-state index contributed by atoms with van der Waals surface area (Å²) in [6.45, 7) is 2.52. The van der Waals surface area contributed by atoms with E-state index < -0.39 is 0 Å². The van der Waals surface area contributed by atoms with Crippen LogP contribution >= 0.6 is 0 Å². The van der Waals surface area contributed by atoms with E-state index in [2.05, 4.69) is 0 Å². The normalized spacial score (nSPS) is 11.9. The van der Waals surface area contributed by atoms with E-state index in [1.807, 2.05) is 55.5 Å². The number of aliphatic hydroxyl groups excluding tert-OH is 1. The molecule has 0 saturated carbocycles. The van der Waals surface area contributed by atoms with Crippen molar-refractivity contribution < 1.29 is 14.6 Å². The molecule has 1 N–H and O–H groups in total. The van der Waals surface area contributed by atoms with Gasteiger partial charge in [-0.15, -0.1) is 0 Å². The summed E-state index contributed by atoms with van der Waals surface area (Å²) < 4.78 is 10.9. The third-order valence-electron chi connectivity index (χ3n) is 3.34.